The number of esters is 2. The van der Waals surface area contributed by atoms with Crippen LogP contribution in [0.2, 0.25) is 0 Å². The van der Waals surface area contributed by atoms with E-state index in [4.69, 9.17) is 0 Å². The molecular formula is C18H19F6NO5. The fourth-order valence-electron chi connectivity index (χ4n) is 2.56. The first-order chi connectivity index (χ1) is 13.7. The number of ether oxygens (including phenoxy) is 2. The number of nitrogens with one attached hydrogen (secondary N) is 1. The maximum absolute atomic E-state index is 12.9. The van der Waals surface area contributed by atoms with Crippen LogP contribution >= 0.6 is 0 Å². The van der Waals surface area contributed by atoms with Gasteiger partial charge in [0.15, 0.2) is 0 Å². The Hall–Kier alpha value is -2.79. The number of carbonyl (C=O) groups is 3. The lowest BCUT2D eigenvalue weighted by atomic mass is 10.00. The molecule has 0 aliphatic rings. The second kappa shape index (κ2) is 9.81. The van der Waals surface area contributed by atoms with Crippen molar-refractivity contribution in [1.82, 2.24) is 5.32 Å². The molecule has 0 radical (unpaired) electrons. The zero-order chi connectivity index (χ0) is 23.3. The number of methoxy groups -OCH3 is 2. The summed E-state index contributed by atoms with van der Waals surface area (Å²) in [6.07, 6.45) is -11.2. The van der Waals surface area contributed by atoms with Crippen LogP contribution in [0.5, 0.6) is 0 Å². The summed E-state index contributed by atoms with van der Waals surface area (Å²) in [4.78, 5) is 35.5. The number of hydrogen-bond acceptors (Lipinski definition) is 5. The second-order valence-corrected chi connectivity index (χ2v) is 6.39. The van der Waals surface area contributed by atoms with E-state index in [1.807, 2.05) is 0 Å². The van der Waals surface area contributed by atoms with Crippen LogP contribution in [0.25, 0.3) is 0 Å². The summed E-state index contributed by atoms with van der Waals surface area (Å²) < 4.78 is 86.5. The molecule has 1 N–H and O–H groups in total. The Morgan fingerprint density at radius 2 is 1.37 bits per heavy atom. The largest absolute Gasteiger partial charge is 0.469 e. The first kappa shape index (κ1) is 25.2. The van der Waals surface area contributed by atoms with Crippen LogP contribution in [0.1, 0.15) is 30.0 Å². The molecule has 1 aromatic rings. The molecule has 2 atom stereocenters. The molecular weight excluding hydrogens is 424 g/mol. The van der Waals surface area contributed by atoms with Crippen molar-refractivity contribution in [1.29, 1.82) is 0 Å². The molecule has 0 aliphatic carbocycles. The second-order valence-electron chi connectivity index (χ2n) is 6.39. The maximum Gasteiger partial charge on any atom is 0.416 e. The minimum atomic E-state index is -5.06. The van der Waals surface area contributed by atoms with Gasteiger partial charge in [-0.1, -0.05) is 6.92 Å². The van der Waals surface area contributed by atoms with Crippen LogP contribution in [-0.4, -0.2) is 38.1 Å². The SMILES string of the molecule is COC(=O)[C@H](C[C@H](C)C(=O)OC)NC(=O)Cc1cc(C(F)(F)F)cc(C(F)(F)F)c1. The molecule has 0 bridgehead atoms. The normalized spacial score (nSPS) is 13.9. The summed E-state index contributed by atoms with van der Waals surface area (Å²) in [7, 11) is 2.11. The Bertz CT molecular complexity index is 758. The molecule has 168 valence electrons. The van der Waals surface area contributed by atoms with E-state index in [0.29, 0.717) is 12.1 Å². The van der Waals surface area contributed by atoms with Crippen LogP contribution in [0.15, 0.2) is 18.2 Å². The maximum atomic E-state index is 12.9. The average molecular weight is 443 g/mol. The van der Waals surface area contributed by atoms with E-state index in [2.05, 4.69) is 14.8 Å². The Morgan fingerprint density at radius 1 is 0.900 bits per heavy atom. The van der Waals surface area contributed by atoms with Crippen LogP contribution in [0, 0.1) is 5.92 Å². The first-order valence-corrected chi connectivity index (χ1v) is 8.42. The topological polar surface area (TPSA) is 81.7 Å². The lowest BCUT2D eigenvalue weighted by molar-refractivity contribution is -0.149. The standard InChI is InChI=1S/C18H19F6NO5/c1-9(15(27)29-2)4-13(16(28)30-3)25-14(26)7-10-5-11(17(19,20)21)8-12(6-10)18(22,23)24/h5-6,8-9,13H,4,7H2,1-3H3,(H,25,26)/t9-,13-/m0/s1. The van der Waals surface area contributed by atoms with Gasteiger partial charge < -0.3 is 14.8 Å². The Kier molecular flexibility index (Phi) is 8.25. The number of alkyl halides is 6. The number of halogens is 6. The third-order valence-corrected chi connectivity index (χ3v) is 4.03. The van der Waals surface area contributed by atoms with Gasteiger partial charge in [-0.25, -0.2) is 4.79 Å². The summed E-state index contributed by atoms with van der Waals surface area (Å²) >= 11 is 0. The van der Waals surface area contributed by atoms with Crippen molar-refractivity contribution in [3.63, 3.8) is 0 Å². The quantitative estimate of drug-likeness (QED) is 0.518. The van der Waals surface area contributed by atoms with Crippen molar-refractivity contribution in [2.24, 2.45) is 5.92 Å². The van der Waals surface area contributed by atoms with Crippen molar-refractivity contribution in [3.8, 4) is 0 Å². The summed E-state index contributed by atoms with van der Waals surface area (Å²) in [6.45, 7) is 1.40. The molecule has 30 heavy (non-hydrogen) atoms. The van der Waals surface area contributed by atoms with Gasteiger partial charge in [-0.3, -0.25) is 9.59 Å². The number of benzene rings is 1. The van der Waals surface area contributed by atoms with Gasteiger partial charge >= 0.3 is 24.3 Å². The zero-order valence-electron chi connectivity index (χ0n) is 16.1. The monoisotopic (exact) mass is 443 g/mol. The van der Waals surface area contributed by atoms with Gasteiger partial charge in [-0.2, -0.15) is 26.3 Å². The smallest absolute Gasteiger partial charge is 0.416 e. The third kappa shape index (κ3) is 7.23. The molecule has 0 saturated carbocycles. The van der Waals surface area contributed by atoms with Crippen molar-refractivity contribution in [2.75, 3.05) is 14.2 Å². The predicted molar refractivity (Wildman–Crippen MR) is 89.9 cm³/mol. The summed E-state index contributed by atoms with van der Waals surface area (Å²) in [5, 5.41) is 2.16. The van der Waals surface area contributed by atoms with E-state index >= 15 is 0 Å². The summed E-state index contributed by atoms with van der Waals surface area (Å²) in [6, 6.07) is -0.584. The molecule has 0 saturated heterocycles. The summed E-state index contributed by atoms with van der Waals surface area (Å²) in [5.41, 5.74) is -3.69. The van der Waals surface area contributed by atoms with Gasteiger partial charge in [-0.15, -0.1) is 0 Å². The number of hydrogen-bond donors (Lipinski definition) is 1. The first-order valence-electron chi connectivity index (χ1n) is 8.42. The molecule has 1 amide bonds. The minimum absolute atomic E-state index is 0.0588. The van der Waals surface area contributed by atoms with Gasteiger partial charge in [0.1, 0.15) is 6.04 Å². The Morgan fingerprint density at radius 3 is 1.77 bits per heavy atom. The highest BCUT2D eigenvalue weighted by Gasteiger charge is 2.37. The van der Waals surface area contributed by atoms with Crippen LogP contribution in [0.4, 0.5) is 26.3 Å². The lowest BCUT2D eigenvalue weighted by Gasteiger charge is -2.19. The van der Waals surface area contributed by atoms with Crippen molar-refractivity contribution in [3.05, 3.63) is 34.9 Å². The van der Waals surface area contributed by atoms with E-state index in [0.717, 1.165) is 14.2 Å². The van der Waals surface area contributed by atoms with Crippen LogP contribution in [-0.2, 0) is 42.6 Å². The molecule has 0 aliphatic heterocycles. The Balaban J connectivity index is 3.08. The number of amides is 1. The molecule has 6 nitrogen and oxygen atoms in total. The van der Waals surface area contributed by atoms with E-state index < -0.39 is 65.3 Å². The summed E-state index contributed by atoms with van der Waals surface area (Å²) in [5.74, 6) is -3.51. The highest BCUT2D eigenvalue weighted by Crippen LogP contribution is 2.36. The number of rotatable bonds is 7. The van der Waals surface area contributed by atoms with Gasteiger partial charge in [0.25, 0.3) is 0 Å². The zero-order valence-corrected chi connectivity index (χ0v) is 16.1. The fourth-order valence-corrected chi connectivity index (χ4v) is 2.56. The van der Waals surface area contributed by atoms with E-state index in [1.54, 1.807) is 0 Å². The van der Waals surface area contributed by atoms with Gasteiger partial charge in [0.05, 0.1) is 37.7 Å². The molecule has 1 rings (SSSR count). The van der Waals surface area contributed by atoms with Gasteiger partial charge in [0.2, 0.25) is 5.91 Å². The molecule has 0 spiro atoms. The van der Waals surface area contributed by atoms with Gasteiger partial charge in [-0.05, 0) is 30.2 Å². The molecule has 12 heteroatoms. The van der Waals surface area contributed by atoms with Crippen LogP contribution in [0.3, 0.4) is 0 Å². The molecule has 0 fully saturated rings. The van der Waals surface area contributed by atoms with E-state index in [-0.39, 0.29) is 12.5 Å². The minimum Gasteiger partial charge on any atom is -0.469 e. The van der Waals surface area contributed by atoms with E-state index in [1.165, 1.54) is 6.92 Å². The highest BCUT2D eigenvalue weighted by atomic mass is 19.4. The van der Waals surface area contributed by atoms with Crippen LogP contribution < -0.4 is 5.32 Å². The Labute approximate surface area is 167 Å². The van der Waals surface area contributed by atoms with Crippen molar-refractivity contribution in [2.45, 2.75) is 38.2 Å². The predicted octanol–water partition coefficient (Wildman–Crippen LogP) is 3.12. The number of carbonyl (C=O) groups excluding carboxylic acids is 3. The van der Waals surface area contributed by atoms with E-state index in [9.17, 15) is 40.7 Å². The molecule has 0 unspecified atom stereocenters. The van der Waals surface area contributed by atoms with Crippen molar-refractivity contribution < 1.29 is 50.2 Å². The molecule has 0 heterocycles. The van der Waals surface area contributed by atoms with Crippen molar-refractivity contribution >= 4 is 17.8 Å². The lowest BCUT2D eigenvalue weighted by Crippen LogP contribution is -2.44. The third-order valence-electron chi connectivity index (χ3n) is 4.03. The molecule has 0 aromatic heterocycles. The highest BCUT2D eigenvalue weighted by molar-refractivity contribution is 5.86. The molecule has 1 aromatic carbocycles. The fraction of sp³-hybridized carbons (Fsp3) is 0.500. The van der Waals surface area contributed by atoms with Gasteiger partial charge in [0, 0.05) is 0 Å². The average Bonchev–Trinajstić information content (AvgIpc) is 2.64.